The second kappa shape index (κ2) is 4.25. The lowest BCUT2D eigenvalue weighted by atomic mass is 10.2. The summed E-state index contributed by atoms with van der Waals surface area (Å²) >= 11 is 3.49. The van der Waals surface area contributed by atoms with E-state index in [0.29, 0.717) is 0 Å². The highest BCUT2D eigenvalue weighted by molar-refractivity contribution is 9.10. The van der Waals surface area contributed by atoms with Crippen LogP contribution in [-0.4, -0.2) is 18.0 Å². The van der Waals surface area contributed by atoms with E-state index in [4.69, 9.17) is 0 Å². The topological polar surface area (TPSA) is 3.24 Å². The normalized spacial score (nSPS) is 17.9. The third-order valence-corrected chi connectivity index (χ3v) is 2.99. The van der Waals surface area contributed by atoms with Crippen LogP contribution in [0.3, 0.4) is 0 Å². The first kappa shape index (κ1) is 9.22. The van der Waals surface area contributed by atoms with Gasteiger partial charge in [0.25, 0.3) is 0 Å². The fraction of sp³-hybridized carbons (Fsp3) is 0.455. The molecule has 0 N–H and O–H groups in total. The smallest absolute Gasteiger partial charge is 0.0234 e. The van der Waals surface area contributed by atoms with Gasteiger partial charge in [-0.2, -0.15) is 0 Å². The number of benzene rings is 1. The Labute approximate surface area is 87.9 Å². The highest BCUT2D eigenvalue weighted by Crippen LogP contribution is 2.16. The Morgan fingerprint density at radius 2 is 2.00 bits per heavy atom. The Morgan fingerprint density at radius 3 is 2.69 bits per heavy atom. The van der Waals surface area contributed by atoms with Crippen molar-refractivity contribution in [1.29, 1.82) is 0 Å². The summed E-state index contributed by atoms with van der Waals surface area (Å²) in [5.41, 5.74) is 1.41. The van der Waals surface area contributed by atoms with E-state index in [1.54, 1.807) is 0 Å². The molecule has 1 fully saturated rings. The molecule has 13 heavy (non-hydrogen) atoms. The van der Waals surface area contributed by atoms with Gasteiger partial charge in [0.2, 0.25) is 0 Å². The van der Waals surface area contributed by atoms with Crippen molar-refractivity contribution < 1.29 is 0 Å². The van der Waals surface area contributed by atoms with Crippen LogP contribution in [0.4, 0.5) is 0 Å². The summed E-state index contributed by atoms with van der Waals surface area (Å²) in [6, 6.07) is 8.59. The minimum atomic E-state index is 1.11. The lowest BCUT2D eigenvalue weighted by molar-refractivity contribution is 0.331. The molecule has 0 radical (unpaired) electrons. The van der Waals surface area contributed by atoms with E-state index in [1.807, 2.05) is 0 Å². The van der Waals surface area contributed by atoms with Gasteiger partial charge >= 0.3 is 0 Å². The highest BCUT2D eigenvalue weighted by atomic mass is 79.9. The average molecular weight is 240 g/mol. The quantitative estimate of drug-likeness (QED) is 0.767. The molecule has 1 aliphatic rings. The summed E-state index contributed by atoms with van der Waals surface area (Å²) in [4.78, 5) is 2.52. The lowest BCUT2D eigenvalue weighted by Gasteiger charge is -2.14. The summed E-state index contributed by atoms with van der Waals surface area (Å²) in [6.07, 6.45) is 2.74. The molecular weight excluding hydrogens is 226 g/mol. The summed E-state index contributed by atoms with van der Waals surface area (Å²) in [5, 5.41) is 0. The van der Waals surface area contributed by atoms with Gasteiger partial charge in [-0.15, -0.1) is 0 Å². The zero-order valence-electron chi connectivity index (χ0n) is 7.67. The fourth-order valence-electron chi connectivity index (χ4n) is 1.83. The molecule has 70 valence electrons. The summed E-state index contributed by atoms with van der Waals surface area (Å²) in [7, 11) is 0. The minimum Gasteiger partial charge on any atom is -0.299 e. The molecule has 0 unspecified atom stereocenters. The second-order valence-corrected chi connectivity index (χ2v) is 4.53. The van der Waals surface area contributed by atoms with Crippen molar-refractivity contribution in [3.05, 3.63) is 34.3 Å². The van der Waals surface area contributed by atoms with Crippen LogP contribution < -0.4 is 0 Å². The maximum atomic E-state index is 3.49. The van der Waals surface area contributed by atoms with Crippen molar-refractivity contribution in [3.8, 4) is 0 Å². The van der Waals surface area contributed by atoms with Crippen LogP contribution in [0.1, 0.15) is 18.4 Å². The summed E-state index contributed by atoms with van der Waals surface area (Å²) in [5.74, 6) is 0. The molecule has 1 nitrogen and oxygen atoms in total. The predicted molar refractivity (Wildman–Crippen MR) is 58.7 cm³/mol. The Bertz CT molecular complexity index is 279. The summed E-state index contributed by atoms with van der Waals surface area (Å²) < 4.78 is 1.18. The molecule has 0 bridgehead atoms. The van der Waals surface area contributed by atoms with Crippen LogP contribution in [0, 0.1) is 0 Å². The van der Waals surface area contributed by atoms with Crippen LogP contribution in [0.25, 0.3) is 0 Å². The van der Waals surface area contributed by atoms with Crippen molar-refractivity contribution in [3.63, 3.8) is 0 Å². The van der Waals surface area contributed by atoms with E-state index in [-0.39, 0.29) is 0 Å². The molecule has 1 aromatic rings. The van der Waals surface area contributed by atoms with E-state index >= 15 is 0 Å². The first-order valence-electron chi connectivity index (χ1n) is 4.81. The number of likely N-dealkylation sites (tertiary alicyclic amines) is 1. The lowest BCUT2D eigenvalue weighted by Crippen LogP contribution is -2.18. The maximum Gasteiger partial charge on any atom is 0.0234 e. The van der Waals surface area contributed by atoms with Gasteiger partial charge in [0, 0.05) is 11.0 Å². The number of rotatable bonds is 2. The van der Waals surface area contributed by atoms with Crippen LogP contribution in [0.5, 0.6) is 0 Å². The minimum absolute atomic E-state index is 1.11. The van der Waals surface area contributed by atoms with E-state index in [2.05, 4.69) is 45.1 Å². The fourth-order valence-corrected chi connectivity index (χ4v) is 2.28. The first-order valence-corrected chi connectivity index (χ1v) is 5.61. The molecule has 0 spiro atoms. The molecule has 0 saturated carbocycles. The van der Waals surface area contributed by atoms with Crippen LogP contribution in [-0.2, 0) is 6.54 Å². The molecule has 2 heteroatoms. The molecular formula is C11H14BrN. The van der Waals surface area contributed by atoms with Crippen LogP contribution in [0.15, 0.2) is 28.7 Å². The van der Waals surface area contributed by atoms with E-state index in [9.17, 15) is 0 Å². The van der Waals surface area contributed by atoms with E-state index in [0.717, 1.165) is 6.54 Å². The van der Waals surface area contributed by atoms with Crippen LogP contribution >= 0.6 is 15.9 Å². The van der Waals surface area contributed by atoms with Gasteiger partial charge in [-0.05, 0) is 43.6 Å². The zero-order chi connectivity index (χ0) is 9.10. The molecule has 0 aromatic heterocycles. The van der Waals surface area contributed by atoms with Gasteiger partial charge in [0.1, 0.15) is 0 Å². The molecule has 1 saturated heterocycles. The highest BCUT2D eigenvalue weighted by Gasteiger charge is 2.11. The predicted octanol–water partition coefficient (Wildman–Crippen LogP) is 3.04. The maximum absolute atomic E-state index is 3.49. The zero-order valence-corrected chi connectivity index (χ0v) is 9.26. The molecule has 1 aliphatic heterocycles. The van der Waals surface area contributed by atoms with Gasteiger partial charge in [-0.3, -0.25) is 4.90 Å². The van der Waals surface area contributed by atoms with Crippen molar-refractivity contribution in [1.82, 2.24) is 4.90 Å². The Kier molecular flexibility index (Phi) is 3.01. The number of nitrogens with zero attached hydrogens (tertiary/aromatic N) is 1. The molecule has 0 aliphatic carbocycles. The van der Waals surface area contributed by atoms with Gasteiger partial charge < -0.3 is 0 Å². The molecule has 1 aromatic carbocycles. The standard InChI is InChI=1S/C11H14BrN/c12-11-5-3-4-10(8-11)9-13-6-1-2-7-13/h3-5,8H,1-2,6-7,9H2. The van der Waals surface area contributed by atoms with Gasteiger partial charge in [0.15, 0.2) is 0 Å². The number of halogens is 1. The van der Waals surface area contributed by atoms with Gasteiger partial charge in [-0.1, -0.05) is 28.1 Å². The first-order chi connectivity index (χ1) is 6.34. The number of hydrogen-bond acceptors (Lipinski definition) is 1. The molecule has 1 heterocycles. The monoisotopic (exact) mass is 239 g/mol. The Balaban J connectivity index is 2.00. The van der Waals surface area contributed by atoms with Crippen molar-refractivity contribution in [2.24, 2.45) is 0 Å². The largest absolute Gasteiger partial charge is 0.299 e. The molecule has 0 atom stereocenters. The molecule has 0 amide bonds. The SMILES string of the molecule is Brc1cccc(CN2CCCC2)c1. The van der Waals surface area contributed by atoms with E-state index < -0.39 is 0 Å². The van der Waals surface area contributed by atoms with Crippen molar-refractivity contribution in [2.75, 3.05) is 13.1 Å². The number of hydrogen-bond donors (Lipinski definition) is 0. The van der Waals surface area contributed by atoms with Gasteiger partial charge in [0.05, 0.1) is 0 Å². The Hall–Kier alpha value is -0.340. The van der Waals surface area contributed by atoms with Gasteiger partial charge in [-0.25, -0.2) is 0 Å². The Morgan fingerprint density at radius 1 is 1.23 bits per heavy atom. The van der Waals surface area contributed by atoms with Crippen LogP contribution in [0.2, 0.25) is 0 Å². The van der Waals surface area contributed by atoms with E-state index in [1.165, 1.54) is 36.0 Å². The average Bonchev–Trinajstić information content (AvgIpc) is 2.57. The third-order valence-electron chi connectivity index (χ3n) is 2.49. The van der Waals surface area contributed by atoms with Crippen molar-refractivity contribution >= 4 is 15.9 Å². The third kappa shape index (κ3) is 2.55. The molecule has 2 rings (SSSR count). The second-order valence-electron chi connectivity index (χ2n) is 3.61. The summed E-state index contributed by atoms with van der Waals surface area (Å²) in [6.45, 7) is 3.65. The van der Waals surface area contributed by atoms with Crippen molar-refractivity contribution in [2.45, 2.75) is 19.4 Å².